The Morgan fingerprint density at radius 2 is 1.86 bits per heavy atom. The number of nitrogens with two attached hydrogens (primary N) is 1. The summed E-state index contributed by atoms with van der Waals surface area (Å²) in [4.78, 5) is 30.9. The van der Waals surface area contributed by atoms with Crippen molar-refractivity contribution in [3.63, 3.8) is 0 Å². The molecule has 1 amide bonds. The van der Waals surface area contributed by atoms with Gasteiger partial charge in [-0.3, -0.25) is 13.8 Å². The first kappa shape index (κ1) is 31.0. The number of aromatic nitrogens is 6. The minimum Gasteiger partial charge on any atom is -0.453 e. The average molecular weight is 608 g/mol. The van der Waals surface area contributed by atoms with Gasteiger partial charge in [-0.1, -0.05) is 37.1 Å². The molecule has 1 atom stereocenters. The molecule has 0 saturated heterocycles. The fraction of sp³-hybridized carbons (Fsp3) is 0.419. The summed E-state index contributed by atoms with van der Waals surface area (Å²) >= 11 is 0. The molecule has 4 aromatic heterocycles. The lowest BCUT2D eigenvalue weighted by Crippen LogP contribution is -2.25. The van der Waals surface area contributed by atoms with Gasteiger partial charge in [0.05, 0.1) is 46.6 Å². The van der Waals surface area contributed by atoms with E-state index in [0.29, 0.717) is 23.3 Å². The Hall–Kier alpha value is -4.49. The molecule has 1 aliphatic carbocycles. The number of H-pyrrole nitrogens is 1. The topological polar surface area (TPSA) is 155 Å². The average Bonchev–Trinajstić information content (AvgIpc) is 3.79. The summed E-state index contributed by atoms with van der Waals surface area (Å²) in [6.45, 7) is 1.94. The number of hydrogen-bond acceptors (Lipinski definition) is 7. The SMILES string of the molecule is COC(N)=O.CO[C@](C)(CCO)c1ccc(-c2c(-c3cn(C)nc3F)[nH]c3ncc4c(c23)n(C2CCCC2)c(=O)n4C)cc1. The molecule has 0 bridgehead atoms. The van der Waals surface area contributed by atoms with Crippen LogP contribution in [0.4, 0.5) is 9.18 Å². The first-order valence-electron chi connectivity index (χ1n) is 14.5. The number of hydrogen-bond donors (Lipinski definition) is 3. The lowest BCUT2D eigenvalue weighted by Gasteiger charge is -2.28. The number of benzene rings is 1. The Bertz CT molecular complexity index is 1860. The molecular weight excluding hydrogens is 569 g/mol. The highest BCUT2D eigenvalue weighted by Crippen LogP contribution is 2.43. The number of amides is 1. The fourth-order valence-corrected chi connectivity index (χ4v) is 6.17. The molecule has 13 heteroatoms. The van der Waals surface area contributed by atoms with Crippen LogP contribution in [0.2, 0.25) is 0 Å². The Labute approximate surface area is 253 Å². The van der Waals surface area contributed by atoms with Gasteiger partial charge in [-0.25, -0.2) is 14.6 Å². The summed E-state index contributed by atoms with van der Waals surface area (Å²) in [6.07, 6.45) is 7.13. The molecule has 4 heterocycles. The maximum absolute atomic E-state index is 15.1. The molecule has 1 saturated carbocycles. The second-order valence-corrected chi connectivity index (χ2v) is 11.3. The van der Waals surface area contributed by atoms with E-state index in [0.717, 1.165) is 58.8 Å². The molecule has 0 spiro atoms. The molecule has 5 aromatic rings. The number of methoxy groups -OCH3 is 2. The van der Waals surface area contributed by atoms with Crippen molar-refractivity contribution in [3.8, 4) is 22.4 Å². The Balaban J connectivity index is 0.000000712. The number of aryl methyl sites for hydroxylation is 2. The van der Waals surface area contributed by atoms with Crippen LogP contribution >= 0.6 is 0 Å². The van der Waals surface area contributed by atoms with Crippen LogP contribution in [-0.4, -0.2) is 60.9 Å². The van der Waals surface area contributed by atoms with Crippen molar-refractivity contribution in [2.45, 2.75) is 50.7 Å². The van der Waals surface area contributed by atoms with Crippen molar-refractivity contribution in [2.75, 3.05) is 20.8 Å². The van der Waals surface area contributed by atoms with Crippen molar-refractivity contribution in [2.24, 2.45) is 19.8 Å². The number of aliphatic hydroxyl groups is 1. The van der Waals surface area contributed by atoms with E-state index < -0.39 is 17.6 Å². The summed E-state index contributed by atoms with van der Waals surface area (Å²) in [5, 5.41) is 14.3. The van der Waals surface area contributed by atoms with Gasteiger partial charge in [-0.05, 0) is 30.9 Å². The zero-order valence-corrected chi connectivity index (χ0v) is 25.6. The number of carbonyl (C=O) groups excluding carboxylic acids is 1. The molecule has 4 N–H and O–H groups in total. The van der Waals surface area contributed by atoms with E-state index in [4.69, 9.17) is 4.74 Å². The van der Waals surface area contributed by atoms with E-state index in [9.17, 15) is 14.7 Å². The van der Waals surface area contributed by atoms with Crippen LogP contribution in [0.25, 0.3) is 44.5 Å². The summed E-state index contributed by atoms with van der Waals surface area (Å²) in [6, 6.07) is 8.00. The summed E-state index contributed by atoms with van der Waals surface area (Å²) < 4.78 is 29.8. The van der Waals surface area contributed by atoms with Crippen LogP contribution in [-0.2, 0) is 29.2 Å². The van der Waals surface area contributed by atoms with Gasteiger partial charge in [0.2, 0.25) is 5.95 Å². The molecule has 6 rings (SSSR count). The third-order valence-electron chi connectivity index (χ3n) is 8.64. The maximum Gasteiger partial charge on any atom is 0.404 e. The van der Waals surface area contributed by atoms with Gasteiger partial charge >= 0.3 is 11.8 Å². The van der Waals surface area contributed by atoms with Gasteiger partial charge in [-0.15, -0.1) is 5.10 Å². The minimum absolute atomic E-state index is 0.00464. The normalized spacial score (nSPS) is 15.0. The van der Waals surface area contributed by atoms with Crippen molar-refractivity contribution in [1.82, 2.24) is 28.9 Å². The number of aromatic amines is 1. The number of carbonyl (C=O) groups is 1. The van der Waals surface area contributed by atoms with Crippen LogP contribution in [0.5, 0.6) is 0 Å². The van der Waals surface area contributed by atoms with Gasteiger partial charge in [0.15, 0.2) is 0 Å². The van der Waals surface area contributed by atoms with Crippen LogP contribution < -0.4 is 11.4 Å². The second kappa shape index (κ2) is 12.2. The van der Waals surface area contributed by atoms with Crippen LogP contribution in [0.15, 0.2) is 41.5 Å². The van der Waals surface area contributed by atoms with E-state index in [1.165, 1.54) is 11.8 Å². The van der Waals surface area contributed by atoms with Crippen LogP contribution in [0, 0.1) is 5.95 Å². The Morgan fingerprint density at radius 3 is 2.41 bits per heavy atom. The highest BCUT2D eigenvalue weighted by Gasteiger charge is 2.30. The number of nitrogens with one attached hydrogen (secondary N) is 1. The molecular formula is C31H38FN7O5. The zero-order chi connectivity index (χ0) is 31.8. The largest absolute Gasteiger partial charge is 0.453 e. The highest BCUT2D eigenvalue weighted by molar-refractivity contribution is 6.14. The van der Waals surface area contributed by atoms with Crippen molar-refractivity contribution in [3.05, 3.63) is 58.7 Å². The van der Waals surface area contributed by atoms with Crippen molar-refractivity contribution < 1.29 is 23.8 Å². The number of nitrogens with zero attached hydrogens (tertiary/aromatic N) is 5. The number of halogens is 1. The number of ether oxygens (including phenoxy) is 2. The number of aliphatic hydroxyl groups excluding tert-OH is 1. The minimum atomic E-state index is -0.745. The molecule has 1 fully saturated rings. The highest BCUT2D eigenvalue weighted by atomic mass is 19.1. The molecule has 1 aromatic carbocycles. The van der Waals surface area contributed by atoms with Gasteiger partial charge in [0.1, 0.15) is 5.65 Å². The number of rotatable bonds is 7. The molecule has 12 nitrogen and oxygen atoms in total. The van der Waals surface area contributed by atoms with Gasteiger partial charge in [0.25, 0.3) is 0 Å². The number of pyridine rings is 1. The van der Waals surface area contributed by atoms with Crippen LogP contribution in [0.3, 0.4) is 0 Å². The predicted molar refractivity (Wildman–Crippen MR) is 165 cm³/mol. The van der Waals surface area contributed by atoms with E-state index >= 15 is 4.39 Å². The lowest BCUT2D eigenvalue weighted by molar-refractivity contribution is -0.0173. The van der Waals surface area contributed by atoms with Crippen molar-refractivity contribution in [1.29, 1.82) is 0 Å². The smallest absolute Gasteiger partial charge is 0.404 e. The lowest BCUT2D eigenvalue weighted by atomic mass is 9.90. The number of fused-ring (bicyclic) bond motifs is 3. The van der Waals surface area contributed by atoms with E-state index in [2.05, 4.69) is 25.5 Å². The molecule has 0 unspecified atom stereocenters. The quantitative estimate of drug-likeness (QED) is 0.246. The maximum atomic E-state index is 15.1. The third-order valence-corrected chi connectivity index (χ3v) is 8.64. The second-order valence-electron chi connectivity index (χ2n) is 11.3. The molecule has 44 heavy (non-hydrogen) atoms. The van der Waals surface area contributed by atoms with Gasteiger partial charge in [0, 0.05) is 52.0 Å². The van der Waals surface area contributed by atoms with E-state index in [1.807, 2.05) is 35.8 Å². The van der Waals surface area contributed by atoms with Gasteiger partial charge < -0.3 is 25.3 Å². The molecule has 1 aliphatic rings. The van der Waals surface area contributed by atoms with Crippen LogP contribution in [0.1, 0.15) is 50.6 Å². The molecule has 234 valence electrons. The summed E-state index contributed by atoms with van der Waals surface area (Å²) in [5.41, 5.74) is 9.26. The summed E-state index contributed by atoms with van der Waals surface area (Å²) in [7, 11) is 6.32. The van der Waals surface area contributed by atoms with E-state index in [1.54, 1.807) is 38.2 Å². The predicted octanol–water partition coefficient (Wildman–Crippen LogP) is 4.49. The zero-order valence-electron chi connectivity index (χ0n) is 25.6. The Kier molecular flexibility index (Phi) is 8.62. The molecule has 0 aliphatic heterocycles. The monoisotopic (exact) mass is 607 g/mol. The fourth-order valence-electron chi connectivity index (χ4n) is 6.17. The first-order valence-corrected chi connectivity index (χ1v) is 14.5. The first-order chi connectivity index (χ1) is 21.0. The molecule has 0 radical (unpaired) electrons. The Morgan fingerprint density at radius 1 is 1.20 bits per heavy atom. The summed E-state index contributed by atoms with van der Waals surface area (Å²) in [5.74, 6) is -0.589. The van der Waals surface area contributed by atoms with E-state index in [-0.39, 0.29) is 18.3 Å². The number of imidazole rings is 1. The van der Waals surface area contributed by atoms with Crippen molar-refractivity contribution >= 4 is 28.2 Å². The third kappa shape index (κ3) is 5.37. The standard InChI is InChI=1S/C29H33FN6O3.C2H5NO2/c1-29(39-4,13-14-37)18-11-9-17(10-12-18)22-23-25-21(35(3)28(38)36(25)19-7-5-6-8-19)15-31-27(23)32-24(22)20-16-34(2)33-26(20)30;1-5-2(3)4/h9-12,15-16,19,37H,5-8,13-14H2,1-4H3,(H,31,32);1H3,(H2,3,4)/t29-;/m1./s1. The van der Waals surface area contributed by atoms with Gasteiger partial charge in [-0.2, -0.15) is 4.39 Å². The number of primary amides is 1.